The molecule has 21 heavy (non-hydrogen) atoms. The lowest BCUT2D eigenvalue weighted by molar-refractivity contribution is -0.143. The van der Waals surface area contributed by atoms with E-state index in [4.69, 9.17) is 5.11 Å². The average molecular weight is 296 g/mol. The van der Waals surface area contributed by atoms with Gasteiger partial charge in [-0.2, -0.15) is 0 Å². The monoisotopic (exact) mass is 296 g/mol. The molecule has 120 valence electrons. The highest BCUT2D eigenvalue weighted by atomic mass is 16.4. The molecule has 0 aromatic carbocycles. The van der Waals surface area contributed by atoms with Gasteiger partial charge in [0.15, 0.2) is 0 Å². The van der Waals surface area contributed by atoms with E-state index in [2.05, 4.69) is 12.2 Å². The number of amides is 1. The Labute approximate surface area is 127 Å². The third-order valence-corrected chi connectivity index (χ3v) is 5.42. The molecule has 0 aromatic rings. The lowest BCUT2D eigenvalue weighted by Crippen LogP contribution is -2.47. The molecule has 0 saturated heterocycles. The van der Waals surface area contributed by atoms with Gasteiger partial charge in [-0.05, 0) is 57.4 Å². The zero-order chi connectivity index (χ0) is 15.6. The van der Waals surface area contributed by atoms with E-state index in [1.165, 1.54) is 25.7 Å². The molecule has 5 nitrogen and oxygen atoms in total. The molecule has 0 spiro atoms. The summed E-state index contributed by atoms with van der Waals surface area (Å²) in [7, 11) is 1.70. The summed E-state index contributed by atoms with van der Waals surface area (Å²) in [6, 6.07) is -0.389. The van der Waals surface area contributed by atoms with Gasteiger partial charge in [0.05, 0.1) is 6.54 Å². The Balaban J connectivity index is 1.80. The predicted molar refractivity (Wildman–Crippen MR) is 80.9 cm³/mol. The molecule has 2 fully saturated rings. The number of carboxylic acid groups (broad SMARTS) is 1. The van der Waals surface area contributed by atoms with Crippen LogP contribution in [0.5, 0.6) is 0 Å². The van der Waals surface area contributed by atoms with E-state index < -0.39 is 12.0 Å². The van der Waals surface area contributed by atoms with Gasteiger partial charge < -0.3 is 10.4 Å². The number of aliphatic carboxylic acids is 1. The molecule has 5 atom stereocenters. The summed E-state index contributed by atoms with van der Waals surface area (Å²) in [5.74, 6) is 1.34. The molecule has 0 radical (unpaired) electrons. The first-order valence-electron chi connectivity index (χ1n) is 8.14. The molecule has 5 heteroatoms. The van der Waals surface area contributed by atoms with E-state index in [1.807, 2.05) is 6.92 Å². The van der Waals surface area contributed by atoms with Crippen molar-refractivity contribution in [3.8, 4) is 0 Å². The number of carboxylic acids is 1. The summed E-state index contributed by atoms with van der Waals surface area (Å²) in [5.41, 5.74) is 0. The predicted octanol–water partition coefficient (Wildman–Crippen LogP) is 1.72. The Kier molecular flexibility index (Phi) is 5.25. The largest absolute Gasteiger partial charge is 0.480 e. The van der Waals surface area contributed by atoms with Gasteiger partial charge in [0.25, 0.3) is 0 Å². The van der Waals surface area contributed by atoms with Crippen LogP contribution in [0.3, 0.4) is 0 Å². The number of carbonyl (C=O) groups is 2. The van der Waals surface area contributed by atoms with Crippen molar-refractivity contribution in [2.45, 2.75) is 58.0 Å². The number of rotatable bonds is 7. The van der Waals surface area contributed by atoms with E-state index in [0.29, 0.717) is 12.3 Å². The van der Waals surface area contributed by atoms with Crippen molar-refractivity contribution in [1.82, 2.24) is 10.2 Å². The normalized spacial score (nSPS) is 30.4. The standard InChI is InChI=1S/C16H28N2O3/c1-4-14(16(20)21)18(3)9-15(19)17-10(2)13-8-11-5-6-12(13)7-11/h10-14H,4-9H2,1-3H3,(H,17,19)(H,20,21). The zero-order valence-corrected chi connectivity index (χ0v) is 13.3. The van der Waals surface area contributed by atoms with Crippen molar-refractivity contribution >= 4 is 11.9 Å². The molecule has 2 bridgehead atoms. The average Bonchev–Trinajstić information content (AvgIpc) is 3.00. The summed E-state index contributed by atoms with van der Waals surface area (Å²) in [6.45, 7) is 4.07. The molecule has 0 aliphatic heterocycles. The van der Waals surface area contributed by atoms with E-state index in [9.17, 15) is 9.59 Å². The smallest absolute Gasteiger partial charge is 0.320 e. The van der Waals surface area contributed by atoms with Crippen LogP contribution in [0.15, 0.2) is 0 Å². The van der Waals surface area contributed by atoms with Crippen LogP contribution in [0.4, 0.5) is 0 Å². The fraction of sp³-hybridized carbons (Fsp3) is 0.875. The Morgan fingerprint density at radius 1 is 1.33 bits per heavy atom. The Hall–Kier alpha value is -1.10. The van der Waals surface area contributed by atoms with Crippen LogP contribution in [0.1, 0.15) is 46.0 Å². The van der Waals surface area contributed by atoms with Crippen molar-refractivity contribution in [3.05, 3.63) is 0 Å². The van der Waals surface area contributed by atoms with E-state index >= 15 is 0 Å². The van der Waals surface area contributed by atoms with Crippen molar-refractivity contribution in [2.75, 3.05) is 13.6 Å². The van der Waals surface area contributed by atoms with Gasteiger partial charge in [-0.15, -0.1) is 0 Å². The van der Waals surface area contributed by atoms with Crippen molar-refractivity contribution in [2.24, 2.45) is 17.8 Å². The molecule has 5 unspecified atom stereocenters. The van der Waals surface area contributed by atoms with Gasteiger partial charge in [0.2, 0.25) is 5.91 Å². The van der Waals surface area contributed by atoms with E-state index in [-0.39, 0.29) is 18.5 Å². The Morgan fingerprint density at radius 2 is 2.05 bits per heavy atom. The minimum atomic E-state index is -0.867. The summed E-state index contributed by atoms with van der Waals surface area (Å²) in [4.78, 5) is 24.8. The van der Waals surface area contributed by atoms with Crippen LogP contribution in [0.25, 0.3) is 0 Å². The van der Waals surface area contributed by atoms with Crippen molar-refractivity contribution < 1.29 is 14.7 Å². The van der Waals surface area contributed by atoms with Crippen LogP contribution in [0.2, 0.25) is 0 Å². The van der Waals surface area contributed by atoms with E-state index in [1.54, 1.807) is 11.9 Å². The second kappa shape index (κ2) is 6.77. The number of likely N-dealkylation sites (N-methyl/N-ethyl adjacent to an activating group) is 1. The van der Waals surface area contributed by atoms with Crippen LogP contribution in [0, 0.1) is 17.8 Å². The second-order valence-electron chi connectivity index (χ2n) is 6.87. The number of nitrogens with one attached hydrogen (secondary N) is 1. The number of fused-ring (bicyclic) bond motifs is 2. The second-order valence-corrected chi connectivity index (χ2v) is 6.87. The SMILES string of the molecule is CCC(C(=O)O)N(C)CC(=O)NC(C)C1CC2CCC1C2. The molecule has 2 N–H and O–H groups in total. The lowest BCUT2D eigenvalue weighted by Gasteiger charge is -2.30. The maximum Gasteiger partial charge on any atom is 0.320 e. The number of hydrogen-bond donors (Lipinski definition) is 2. The van der Waals surface area contributed by atoms with Crippen LogP contribution >= 0.6 is 0 Å². The van der Waals surface area contributed by atoms with Gasteiger partial charge in [0, 0.05) is 6.04 Å². The Bertz CT molecular complexity index is 399. The first kappa shape index (κ1) is 16.3. The topological polar surface area (TPSA) is 69.6 Å². The summed E-state index contributed by atoms with van der Waals surface area (Å²) < 4.78 is 0. The highest BCUT2D eigenvalue weighted by molar-refractivity contribution is 5.80. The fourth-order valence-corrected chi connectivity index (χ4v) is 4.32. The molecule has 2 rings (SSSR count). The molecule has 0 aromatic heterocycles. The van der Waals surface area contributed by atoms with Crippen LogP contribution < -0.4 is 5.32 Å². The number of hydrogen-bond acceptors (Lipinski definition) is 3. The molecule has 0 heterocycles. The molecule has 2 aliphatic rings. The molecular formula is C16H28N2O3. The highest BCUT2D eigenvalue weighted by Crippen LogP contribution is 2.49. The first-order chi connectivity index (χ1) is 9.92. The maximum absolute atomic E-state index is 12.1. The fourth-order valence-electron chi connectivity index (χ4n) is 4.32. The zero-order valence-electron chi connectivity index (χ0n) is 13.3. The van der Waals surface area contributed by atoms with Gasteiger partial charge in [0.1, 0.15) is 6.04 Å². The minimum Gasteiger partial charge on any atom is -0.480 e. The van der Waals surface area contributed by atoms with Gasteiger partial charge in [-0.1, -0.05) is 13.3 Å². The third-order valence-electron chi connectivity index (χ3n) is 5.42. The van der Waals surface area contributed by atoms with Crippen molar-refractivity contribution in [3.63, 3.8) is 0 Å². The highest BCUT2D eigenvalue weighted by Gasteiger charge is 2.42. The van der Waals surface area contributed by atoms with Gasteiger partial charge in [-0.3, -0.25) is 14.5 Å². The summed E-state index contributed by atoms with van der Waals surface area (Å²) >= 11 is 0. The first-order valence-corrected chi connectivity index (χ1v) is 8.14. The quantitative estimate of drug-likeness (QED) is 0.750. The van der Waals surface area contributed by atoms with E-state index in [0.717, 1.165) is 11.8 Å². The van der Waals surface area contributed by atoms with Crippen LogP contribution in [-0.2, 0) is 9.59 Å². The Morgan fingerprint density at radius 3 is 2.52 bits per heavy atom. The summed E-state index contributed by atoms with van der Waals surface area (Å²) in [6.07, 6.45) is 5.76. The summed E-state index contributed by atoms with van der Waals surface area (Å²) in [5, 5.41) is 12.2. The molecule has 1 amide bonds. The third kappa shape index (κ3) is 3.76. The molecular weight excluding hydrogens is 268 g/mol. The van der Waals surface area contributed by atoms with Gasteiger partial charge in [-0.25, -0.2) is 0 Å². The lowest BCUT2D eigenvalue weighted by atomic mass is 9.84. The number of carbonyl (C=O) groups excluding carboxylic acids is 1. The van der Waals surface area contributed by atoms with Crippen molar-refractivity contribution in [1.29, 1.82) is 0 Å². The number of nitrogens with zero attached hydrogens (tertiary/aromatic N) is 1. The van der Waals surface area contributed by atoms with Gasteiger partial charge >= 0.3 is 5.97 Å². The molecule has 2 saturated carbocycles. The van der Waals surface area contributed by atoms with Crippen LogP contribution in [-0.4, -0.2) is 47.6 Å². The maximum atomic E-state index is 12.1. The molecule has 2 aliphatic carbocycles. The minimum absolute atomic E-state index is 0.0625.